The van der Waals surface area contributed by atoms with E-state index in [0.717, 1.165) is 9.75 Å². The van der Waals surface area contributed by atoms with Crippen LogP contribution in [0.5, 0.6) is 0 Å². The summed E-state index contributed by atoms with van der Waals surface area (Å²) in [4.78, 5) is 13.3. The molecular formula is C13H22I2N3O3-. The first-order valence-electron chi connectivity index (χ1n) is 6.96. The summed E-state index contributed by atoms with van der Waals surface area (Å²) in [5.74, 6) is -0.310. The second kappa shape index (κ2) is 8.73. The Kier molecular flexibility index (Phi) is 7.29. The van der Waals surface area contributed by atoms with Crippen molar-refractivity contribution < 1.29 is 35.8 Å². The monoisotopic (exact) mass is 522 g/mol. The van der Waals surface area contributed by atoms with Gasteiger partial charge in [-0.15, -0.1) is 0 Å². The second-order valence-corrected chi connectivity index (χ2v) is 10.5. The quantitative estimate of drug-likeness (QED) is 0.154. The SMILES string of the molecule is COCN(C)C(=O)C(O)CC1=CN([C@H]2CCCC[I-]2)I=N1. The van der Waals surface area contributed by atoms with Crippen LogP contribution in [0, 0.1) is 0 Å². The van der Waals surface area contributed by atoms with Crippen molar-refractivity contribution in [3.63, 3.8) is 0 Å². The molecule has 2 aliphatic heterocycles. The number of hydrogen-bond acceptors (Lipinski definition) is 5. The normalized spacial score (nSPS) is 23.9. The molecule has 2 aliphatic rings. The number of hydrogen-bond donors (Lipinski definition) is 1. The van der Waals surface area contributed by atoms with Crippen molar-refractivity contribution in [3.05, 3.63) is 11.9 Å². The molecule has 1 fully saturated rings. The van der Waals surface area contributed by atoms with E-state index in [2.05, 4.69) is 12.5 Å². The standard InChI is InChI=1S/C13H22I2N3O3/c1-17(9-21-2)13(20)11(19)7-10-8-18(15-16-10)12-5-3-4-6-14-12/h8,11-12,19H,3-7,9H2,1-2H3/q-1/t11?,12-/m0/s1. The molecule has 8 heteroatoms. The zero-order valence-corrected chi connectivity index (χ0v) is 16.7. The van der Waals surface area contributed by atoms with E-state index in [1.165, 1.54) is 35.7 Å². The molecule has 0 radical (unpaired) electrons. The van der Waals surface area contributed by atoms with Crippen molar-refractivity contribution in [1.29, 1.82) is 0 Å². The van der Waals surface area contributed by atoms with Gasteiger partial charge in [0.15, 0.2) is 0 Å². The number of carbonyl (C=O) groups excluding carboxylic acids is 1. The van der Waals surface area contributed by atoms with Gasteiger partial charge in [-0.05, 0) is 0 Å². The van der Waals surface area contributed by atoms with Crippen LogP contribution in [0.3, 0.4) is 0 Å². The number of rotatable bonds is 6. The number of methoxy groups -OCH3 is 1. The van der Waals surface area contributed by atoms with Crippen LogP contribution in [0.15, 0.2) is 15.0 Å². The summed E-state index contributed by atoms with van der Waals surface area (Å²) in [5.41, 5.74) is 0.879. The zero-order valence-electron chi connectivity index (χ0n) is 12.3. The van der Waals surface area contributed by atoms with E-state index in [1.54, 1.807) is 7.05 Å². The fourth-order valence-electron chi connectivity index (χ4n) is 2.17. The van der Waals surface area contributed by atoms with Crippen molar-refractivity contribution in [3.8, 4) is 0 Å². The molecule has 2 rings (SSSR count). The average Bonchev–Trinajstić information content (AvgIpc) is 2.96. The molecule has 0 saturated carbocycles. The molecule has 2 atom stereocenters. The predicted octanol–water partition coefficient (Wildman–Crippen LogP) is -1.37. The maximum atomic E-state index is 11.9. The Hall–Kier alpha value is 0.190. The molecule has 21 heavy (non-hydrogen) atoms. The predicted molar refractivity (Wildman–Crippen MR) is 84.1 cm³/mol. The minimum absolute atomic E-state index is 0.192. The van der Waals surface area contributed by atoms with Gasteiger partial charge in [0, 0.05) is 0 Å². The number of halogens is 2. The van der Waals surface area contributed by atoms with Gasteiger partial charge in [-0.1, -0.05) is 0 Å². The summed E-state index contributed by atoms with van der Waals surface area (Å²) in [6.45, 7) is 0.192. The van der Waals surface area contributed by atoms with E-state index in [9.17, 15) is 9.90 Å². The molecular weight excluding hydrogens is 500 g/mol. The Balaban J connectivity index is 1.85. The van der Waals surface area contributed by atoms with Crippen molar-refractivity contribution in [2.45, 2.75) is 35.8 Å². The first-order chi connectivity index (χ1) is 10.1. The van der Waals surface area contributed by atoms with Gasteiger partial charge in [0.25, 0.3) is 0 Å². The molecule has 1 unspecified atom stereocenters. The number of aliphatic hydroxyl groups is 1. The van der Waals surface area contributed by atoms with Crippen molar-refractivity contribution >= 4 is 27.2 Å². The summed E-state index contributed by atoms with van der Waals surface area (Å²) >= 11 is -0.0697. The van der Waals surface area contributed by atoms with E-state index in [4.69, 9.17) is 4.74 Å². The van der Waals surface area contributed by atoms with Gasteiger partial charge in [-0.2, -0.15) is 0 Å². The van der Waals surface area contributed by atoms with Crippen LogP contribution in [-0.2, 0) is 9.53 Å². The number of alkyl halides is 2. The molecule has 1 amide bonds. The third kappa shape index (κ3) is 5.10. The van der Waals surface area contributed by atoms with Crippen molar-refractivity contribution in [2.24, 2.45) is 3.15 Å². The Labute approximate surface area is 146 Å². The third-order valence-electron chi connectivity index (χ3n) is 3.27. The van der Waals surface area contributed by atoms with Gasteiger partial charge >= 0.3 is 147 Å². The minimum atomic E-state index is -1.02. The Bertz CT molecular complexity index is 425. The van der Waals surface area contributed by atoms with Crippen LogP contribution in [0.1, 0.15) is 25.7 Å². The third-order valence-corrected chi connectivity index (χ3v) is 10.2. The molecule has 2 heterocycles. The van der Waals surface area contributed by atoms with E-state index >= 15 is 0 Å². The van der Waals surface area contributed by atoms with E-state index < -0.39 is 6.10 Å². The molecule has 1 N–H and O–H groups in total. The van der Waals surface area contributed by atoms with Crippen molar-refractivity contribution in [2.75, 3.05) is 25.3 Å². The Morgan fingerprint density at radius 1 is 1.71 bits per heavy atom. The van der Waals surface area contributed by atoms with E-state index in [0.29, 0.717) is 6.42 Å². The summed E-state index contributed by atoms with van der Waals surface area (Å²) in [7, 11) is 3.15. The molecule has 1 saturated heterocycles. The molecule has 0 aromatic heterocycles. The van der Waals surface area contributed by atoms with Crippen LogP contribution in [0.4, 0.5) is 0 Å². The van der Waals surface area contributed by atoms with Crippen LogP contribution < -0.4 is 21.2 Å². The molecule has 0 aromatic carbocycles. The number of carbonyl (C=O) groups is 1. The molecule has 0 aromatic rings. The molecule has 6 nitrogen and oxygen atoms in total. The number of nitrogens with zero attached hydrogens (tertiary/aromatic N) is 3. The van der Waals surface area contributed by atoms with E-state index in [1.807, 2.05) is 0 Å². The first-order valence-corrected chi connectivity index (χ1v) is 11.7. The molecule has 0 aliphatic carbocycles. The van der Waals surface area contributed by atoms with Crippen molar-refractivity contribution in [1.82, 2.24) is 8.01 Å². The number of likely N-dealkylation sites (N-methyl/N-ethyl adjacent to an activating group) is 1. The fraction of sp³-hybridized carbons (Fsp3) is 0.769. The maximum absolute atomic E-state index is 11.9. The summed E-state index contributed by atoms with van der Waals surface area (Å²) < 4.78 is 14.0. The first kappa shape index (κ1) is 17.5. The van der Waals surface area contributed by atoms with Crippen LogP contribution >= 0.6 is 21.3 Å². The molecule has 0 spiro atoms. The fourth-order valence-corrected chi connectivity index (χ4v) is 8.76. The van der Waals surface area contributed by atoms with Gasteiger partial charge < -0.3 is 0 Å². The van der Waals surface area contributed by atoms with Crippen LogP contribution in [-0.4, -0.2) is 54.5 Å². The summed E-state index contributed by atoms with van der Waals surface area (Å²) in [6.07, 6.45) is 5.40. The molecule has 0 bridgehead atoms. The zero-order chi connectivity index (χ0) is 15.2. The second-order valence-electron chi connectivity index (χ2n) is 5.07. The van der Waals surface area contributed by atoms with Crippen LogP contribution in [0.2, 0.25) is 0 Å². The number of aliphatic hydroxyl groups excluding tert-OH is 1. The molecule has 122 valence electrons. The van der Waals surface area contributed by atoms with Gasteiger partial charge in [-0.3, -0.25) is 0 Å². The van der Waals surface area contributed by atoms with Gasteiger partial charge in [0.05, 0.1) is 0 Å². The Morgan fingerprint density at radius 3 is 3.19 bits per heavy atom. The summed E-state index contributed by atoms with van der Waals surface area (Å²) in [5, 5.41) is 10.0. The topological polar surface area (TPSA) is 65.4 Å². The Morgan fingerprint density at radius 2 is 2.52 bits per heavy atom. The number of amides is 1. The average molecular weight is 522 g/mol. The van der Waals surface area contributed by atoms with E-state index in [-0.39, 0.29) is 55.1 Å². The number of ether oxygens (including phenoxy) is 1. The van der Waals surface area contributed by atoms with Crippen LogP contribution in [0.25, 0.3) is 0 Å². The van der Waals surface area contributed by atoms with Gasteiger partial charge in [0.2, 0.25) is 0 Å². The van der Waals surface area contributed by atoms with Gasteiger partial charge in [0.1, 0.15) is 0 Å². The summed E-state index contributed by atoms with van der Waals surface area (Å²) in [6, 6.07) is 0. The van der Waals surface area contributed by atoms with Gasteiger partial charge in [-0.25, -0.2) is 0 Å².